The van der Waals surface area contributed by atoms with Gasteiger partial charge in [-0.2, -0.15) is 8.78 Å². The molecule has 1 heterocycles. The third-order valence-corrected chi connectivity index (χ3v) is 3.89. The number of nitrogens with zero attached hydrogens (tertiary/aromatic N) is 1. The van der Waals surface area contributed by atoms with Gasteiger partial charge in [-0.1, -0.05) is 12.1 Å². The third kappa shape index (κ3) is 8.13. The maximum absolute atomic E-state index is 12.1. The van der Waals surface area contributed by atoms with E-state index in [0.717, 1.165) is 44.8 Å². The summed E-state index contributed by atoms with van der Waals surface area (Å²) < 4.78 is 33.7. The van der Waals surface area contributed by atoms with E-state index in [1.54, 1.807) is 12.1 Å². The molecule has 1 fully saturated rings. The van der Waals surface area contributed by atoms with Crippen LogP contribution < -0.4 is 15.4 Å². The number of carbonyl (C=O) groups excluding carboxylic acids is 1. The summed E-state index contributed by atoms with van der Waals surface area (Å²) in [5.74, 6) is 0.129. The summed E-state index contributed by atoms with van der Waals surface area (Å²) in [7, 11) is 0. The van der Waals surface area contributed by atoms with E-state index in [9.17, 15) is 13.6 Å². The van der Waals surface area contributed by atoms with Crippen LogP contribution in [0.5, 0.6) is 5.75 Å². The maximum atomic E-state index is 12.1. The fourth-order valence-corrected chi connectivity index (χ4v) is 2.55. The lowest BCUT2D eigenvalue weighted by atomic mass is 10.1. The van der Waals surface area contributed by atoms with Crippen LogP contribution in [0.3, 0.4) is 0 Å². The van der Waals surface area contributed by atoms with Crippen molar-refractivity contribution in [3.05, 3.63) is 29.8 Å². The van der Waals surface area contributed by atoms with E-state index in [-0.39, 0.29) is 11.8 Å². The summed E-state index contributed by atoms with van der Waals surface area (Å²) in [6.07, 6.45) is 1.52. The second-order valence-electron chi connectivity index (χ2n) is 5.76. The summed E-state index contributed by atoms with van der Waals surface area (Å²) >= 11 is 0. The van der Waals surface area contributed by atoms with Gasteiger partial charge in [-0.25, -0.2) is 4.79 Å². The van der Waals surface area contributed by atoms with Crippen molar-refractivity contribution in [1.82, 2.24) is 15.5 Å². The molecule has 1 aromatic rings. The Kier molecular flexibility index (Phi) is 8.41. The number of benzene rings is 1. The molecular formula is C17H25F2N3O3. The number of alkyl halides is 2. The smallest absolute Gasteiger partial charge is 0.387 e. The largest absolute Gasteiger partial charge is 0.435 e. The highest BCUT2D eigenvalue weighted by Crippen LogP contribution is 2.14. The Labute approximate surface area is 146 Å². The van der Waals surface area contributed by atoms with Crippen molar-refractivity contribution in [1.29, 1.82) is 0 Å². The van der Waals surface area contributed by atoms with Crippen LogP contribution in [0.2, 0.25) is 0 Å². The van der Waals surface area contributed by atoms with Gasteiger partial charge in [-0.3, -0.25) is 4.90 Å². The minimum Gasteiger partial charge on any atom is -0.435 e. The molecule has 6 nitrogen and oxygen atoms in total. The van der Waals surface area contributed by atoms with E-state index < -0.39 is 6.61 Å². The summed E-state index contributed by atoms with van der Waals surface area (Å²) in [6, 6.07) is 6.21. The SMILES string of the molecule is O=C(NCCCN1CCOCC1)NCCc1ccc(OC(F)F)cc1. The molecule has 0 saturated carbocycles. The van der Waals surface area contributed by atoms with Crippen LogP contribution in [0.1, 0.15) is 12.0 Å². The van der Waals surface area contributed by atoms with Crippen LogP contribution >= 0.6 is 0 Å². The first kappa shape index (κ1) is 19.4. The van der Waals surface area contributed by atoms with Crippen molar-refractivity contribution < 1.29 is 23.0 Å². The van der Waals surface area contributed by atoms with Gasteiger partial charge < -0.3 is 20.1 Å². The molecular weight excluding hydrogens is 332 g/mol. The standard InChI is InChI=1S/C17H25F2N3O3/c18-16(19)25-15-4-2-14(3-5-15)6-8-21-17(23)20-7-1-9-22-10-12-24-13-11-22/h2-5,16H,1,6-13H2,(H2,20,21,23). The third-order valence-electron chi connectivity index (χ3n) is 3.89. The van der Waals surface area contributed by atoms with Crippen LogP contribution in [-0.4, -0.2) is 63.5 Å². The molecule has 0 spiro atoms. The number of amides is 2. The summed E-state index contributed by atoms with van der Waals surface area (Å²) in [6.45, 7) is 2.70. The van der Waals surface area contributed by atoms with Crippen molar-refractivity contribution in [2.45, 2.75) is 19.5 Å². The molecule has 8 heteroatoms. The number of halogens is 2. The zero-order chi connectivity index (χ0) is 17.9. The Bertz CT molecular complexity index is 508. The van der Waals surface area contributed by atoms with Crippen molar-refractivity contribution in [2.24, 2.45) is 0 Å². The summed E-state index contributed by atoms with van der Waals surface area (Å²) in [4.78, 5) is 14.0. The van der Waals surface area contributed by atoms with Gasteiger partial charge in [0.2, 0.25) is 0 Å². The lowest BCUT2D eigenvalue weighted by molar-refractivity contribution is -0.0498. The molecule has 2 amide bonds. The monoisotopic (exact) mass is 357 g/mol. The number of morpholine rings is 1. The van der Waals surface area contributed by atoms with E-state index >= 15 is 0 Å². The molecule has 0 atom stereocenters. The molecule has 140 valence electrons. The van der Waals surface area contributed by atoms with Gasteiger partial charge >= 0.3 is 12.6 Å². The Hall–Kier alpha value is -1.93. The average molecular weight is 357 g/mol. The Balaban J connectivity index is 1.52. The zero-order valence-electron chi connectivity index (χ0n) is 14.2. The number of urea groups is 1. The number of ether oxygens (including phenoxy) is 2. The number of rotatable bonds is 9. The molecule has 1 saturated heterocycles. The zero-order valence-corrected chi connectivity index (χ0v) is 14.2. The van der Waals surface area contributed by atoms with Crippen LogP contribution in [0.15, 0.2) is 24.3 Å². The van der Waals surface area contributed by atoms with Gasteiger partial charge in [0, 0.05) is 26.2 Å². The summed E-state index contributed by atoms with van der Waals surface area (Å²) in [5.41, 5.74) is 0.939. The number of carbonyl (C=O) groups is 1. The molecule has 1 aromatic carbocycles. The predicted octanol–water partition coefficient (Wildman–Crippen LogP) is 1.85. The van der Waals surface area contributed by atoms with E-state index in [0.29, 0.717) is 19.5 Å². The molecule has 0 bridgehead atoms. The van der Waals surface area contributed by atoms with Crippen LogP contribution in [0.4, 0.5) is 13.6 Å². The van der Waals surface area contributed by atoms with Gasteiger partial charge in [0.05, 0.1) is 13.2 Å². The van der Waals surface area contributed by atoms with Gasteiger partial charge in [0.15, 0.2) is 0 Å². The maximum Gasteiger partial charge on any atom is 0.387 e. The second-order valence-corrected chi connectivity index (χ2v) is 5.76. The lowest BCUT2D eigenvalue weighted by Crippen LogP contribution is -2.40. The number of nitrogens with one attached hydrogen (secondary N) is 2. The molecule has 1 aliphatic rings. The van der Waals surface area contributed by atoms with E-state index in [2.05, 4.69) is 20.3 Å². The Morgan fingerprint density at radius 3 is 2.52 bits per heavy atom. The van der Waals surface area contributed by atoms with Gasteiger partial charge in [0.25, 0.3) is 0 Å². The minimum absolute atomic E-state index is 0.129. The van der Waals surface area contributed by atoms with Gasteiger partial charge in [-0.05, 0) is 37.1 Å². The fourth-order valence-electron chi connectivity index (χ4n) is 2.55. The lowest BCUT2D eigenvalue weighted by Gasteiger charge is -2.26. The molecule has 0 radical (unpaired) electrons. The quantitative estimate of drug-likeness (QED) is 0.662. The summed E-state index contributed by atoms with van der Waals surface area (Å²) in [5, 5.41) is 5.61. The first-order chi connectivity index (χ1) is 12.1. The van der Waals surface area contributed by atoms with Gasteiger partial charge in [-0.15, -0.1) is 0 Å². The van der Waals surface area contributed by atoms with Gasteiger partial charge in [0.1, 0.15) is 5.75 Å². The van der Waals surface area contributed by atoms with Crippen molar-refractivity contribution in [3.63, 3.8) is 0 Å². The van der Waals surface area contributed by atoms with Crippen molar-refractivity contribution in [3.8, 4) is 5.75 Å². The van der Waals surface area contributed by atoms with Crippen LogP contribution in [0, 0.1) is 0 Å². The fraction of sp³-hybridized carbons (Fsp3) is 0.588. The molecule has 2 rings (SSSR count). The highest BCUT2D eigenvalue weighted by Gasteiger charge is 2.09. The Morgan fingerprint density at radius 2 is 1.84 bits per heavy atom. The highest BCUT2D eigenvalue weighted by atomic mass is 19.3. The molecule has 0 aliphatic carbocycles. The first-order valence-corrected chi connectivity index (χ1v) is 8.49. The van der Waals surface area contributed by atoms with Crippen LogP contribution in [-0.2, 0) is 11.2 Å². The normalized spacial score (nSPS) is 15.2. The molecule has 2 N–H and O–H groups in total. The number of hydrogen-bond donors (Lipinski definition) is 2. The second kappa shape index (κ2) is 10.8. The molecule has 0 aromatic heterocycles. The molecule has 0 unspecified atom stereocenters. The molecule has 1 aliphatic heterocycles. The minimum atomic E-state index is -2.82. The van der Waals surface area contributed by atoms with Crippen molar-refractivity contribution in [2.75, 3.05) is 45.9 Å². The first-order valence-electron chi connectivity index (χ1n) is 8.49. The van der Waals surface area contributed by atoms with Crippen LogP contribution in [0.25, 0.3) is 0 Å². The topological polar surface area (TPSA) is 62.8 Å². The average Bonchev–Trinajstić information content (AvgIpc) is 2.61. The Morgan fingerprint density at radius 1 is 1.16 bits per heavy atom. The van der Waals surface area contributed by atoms with E-state index in [1.807, 2.05) is 0 Å². The highest BCUT2D eigenvalue weighted by molar-refractivity contribution is 5.73. The van der Waals surface area contributed by atoms with E-state index in [1.165, 1.54) is 12.1 Å². The van der Waals surface area contributed by atoms with E-state index in [4.69, 9.17) is 4.74 Å². The number of hydrogen-bond acceptors (Lipinski definition) is 4. The van der Waals surface area contributed by atoms with Crippen molar-refractivity contribution >= 4 is 6.03 Å². The predicted molar refractivity (Wildman–Crippen MR) is 90.1 cm³/mol. The molecule has 25 heavy (non-hydrogen) atoms.